The summed E-state index contributed by atoms with van der Waals surface area (Å²) in [5.74, 6) is -2.15. The van der Waals surface area contributed by atoms with Crippen LogP contribution in [0.5, 0.6) is 0 Å². The molecule has 1 aromatic heterocycles. The summed E-state index contributed by atoms with van der Waals surface area (Å²) >= 11 is 6.06. The second-order valence-electron chi connectivity index (χ2n) is 5.29. The first-order valence-corrected chi connectivity index (χ1v) is 7.97. The molecule has 0 bridgehead atoms. The first-order valence-electron chi connectivity index (χ1n) is 7.59. The van der Waals surface area contributed by atoms with E-state index in [4.69, 9.17) is 11.6 Å². The lowest BCUT2D eigenvalue weighted by molar-refractivity contribution is 0.102. The average molecular weight is 375 g/mol. The zero-order valence-electron chi connectivity index (χ0n) is 13.3. The summed E-state index contributed by atoms with van der Waals surface area (Å²) in [7, 11) is 0. The number of halogens is 3. The van der Waals surface area contributed by atoms with Gasteiger partial charge in [0.15, 0.2) is 0 Å². The van der Waals surface area contributed by atoms with E-state index >= 15 is 0 Å². The standard InChI is InChI=1S/C18H13ClF2N4O/c19-13-5-2-1-4-11(13)8-22-18-23-9-12(10-24-18)17(26)25-16-14(20)6-3-7-15(16)21/h1-7,9-10H,8H2,(H,25,26)(H,22,23,24). The van der Waals surface area contributed by atoms with E-state index in [2.05, 4.69) is 20.6 Å². The van der Waals surface area contributed by atoms with E-state index in [0.717, 1.165) is 17.7 Å². The van der Waals surface area contributed by atoms with Crippen molar-refractivity contribution in [3.63, 3.8) is 0 Å². The van der Waals surface area contributed by atoms with Crippen LogP contribution in [0.25, 0.3) is 0 Å². The Kier molecular flexibility index (Phi) is 5.38. The van der Waals surface area contributed by atoms with Crippen molar-refractivity contribution < 1.29 is 13.6 Å². The quantitative estimate of drug-likeness (QED) is 0.699. The number of aromatic nitrogens is 2. The van der Waals surface area contributed by atoms with Crippen LogP contribution in [-0.2, 0) is 6.54 Å². The van der Waals surface area contributed by atoms with Crippen LogP contribution in [0.3, 0.4) is 0 Å². The Morgan fingerprint density at radius 1 is 1.00 bits per heavy atom. The van der Waals surface area contributed by atoms with Crippen LogP contribution < -0.4 is 10.6 Å². The number of hydrogen-bond acceptors (Lipinski definition) is 4. The highest BCUT2D eigenvalue weighted by molar-refractivity contribution is 6.31. The summed E-state index contributed by atoms with van der Waals surface area (Å²) in [4.78, 5) is 20.1. The number of carbonyl (C=O) groups is 1. The van der Waals surface area contributed by atoms with Crippen molar-refractivity contribution in [1.82, 2.24) is 9.97 Å². The van der Waals surface area contributed by atoms with Gasteiger partial charge in [0.2, 0.25) is 5.95 Å². The lowest BCUT2D eigenvalue weighted by atomic mass is 10.2. The van der Waals surface area contributed by atoms with Gasteiger partial charge < -0.3 is 10.6 Å². The highest BCUT2D eigenvalue weighted by Gasteiger charge is 2.14. The monoisotopic (exact) mass is 374 g/mol. The molecule has 0 fully saturated rings. The van der Waals surface area contributed by atoms with Crippen LogP contribution in [0, 0.1) is 11.6 Å². The normalized spacial score (nSPS) is 10.4. The SMILES string of the molecule is O=C(Nc1c(F)cccc1F)c1cnc(NCc2ccccc2Cl)nc1. The van der Waals surface area contributed by atoms with Crippen molar-refractivity contribution in [2.75, 3.05) is 10.6 Å². The summed E-state index contributed by atoms with van der Waals surface area (Å²) in [6, 6.07) is 10.6. The molecule has 0 aliphatic heterocycles. The van der Waals surface area contributed by atoms with Crippen molar-refractivity contribution in [3.05, 3.63) is 82.6 Å². The molecule has 0 unspecified atom stereocenters. The van der Waals surface area contributed by atoms with Crippen molar-refractivity contribution in [2.45, 2.75) is 6.54 Å². The van der Waals surface area contributed by atoms with Gasteiger partial charge in [0.05, 0.1) is 5.56 Å². The molecule has 0 aliphatic carbocycles. The van der Waals surface area contributed by atoms with Crippen molar-refractivity contribution in [2.24, 2.45) is 0 Å². The maximum absolute atomic E-state index is 13.6. The molecule has 2 N–H and O–H groups in total. The number of anilines is 2. The number of carbonyl (C=O) groups excluding carboxylic acids is 1. The zero-order valence-corrected chi connectivity index (χ0v) is 14.1. The minimum Gasteiger partial charge on any atom is -0.350 e. The summed E-state index contributed by atoms with van der Waals surface area (Å²) in [6.45, 7) is 0.408. The molecular formula is C18H13ClF2N4O. The molecule has 1 amide bonds. The topological polar surface area (TPSA) is 66.9 Å². The fourth-order valence-electron chi connectivity index (χ4n) is 2.16. The molecule has 3 rings (SSSR count). The molecule has 8 heteroatoms. The Labute approximate surface area is 153 Å². The van der Waals surface area contributed by atoms with Gasteiger partial charge in [0.1, 0.15) is 17.3 Å². The Balaban J connectivity index is 1.65. The number of rotatable bonds is 5. The molecule has 0 atom stereocenters. The molecule has 0 saturated heterocycles. The van der Waals surface area contributed by atoms with Crippen molar-refractivity contribution in [1.29, 1.82) is 0 Å². The second kappa shape index (κ2) is 7.88. The molecular weight excluding hydrogens is 362 g/mol. The average Bonchev–Trinajstić information content (AvgIpc) is 2.64. The van der Waals surface area contributed by atoms with Crippen LogP contribution in [0.4, 0.5) is 20.4 Å². The minimum absolute atomic E-state index is 0.0657. The van der Waals surface area contributed by atoms with Gasteiger partial charge in [-0.3, -0.25) is 4.79 Å². The van der Waals surface area contributed by atoms with E-state index in [9.17, 15) is 13.6 Å². The Morgan fingerprint density at radius 2 is 1.65 bits per heavy atom. The fourth-order valence-corrected chi connectivity index (χ4v) is 2.36. The fraction of sp³-hybridized carbons (Fsp3) is 0.0556. The molecule has 0 aliphatic rings. The third-order valence-corrected chi connectivity index (χ3v) is 3.88. The summed E-state index contributed by atoms with van der Waals surface area (Å²) in [5.41, 5.74) is 0.420. The maximum atomic E-state index is 13.6. The zero-order chi connectivity index (χ0) is 18.5. The van der Waals surface area contributed by atoms with E-state index in [1.807, 2.05) is 18.2 Å². The Hall–Kier alpha value is -3.06. The van der Waals surface area contributed by atoms with Gasteiger partial charge in [-0.05, 0) is 23.8 Å². The molecule has 132 valence electrons. The second-order valence-corrected chi connectivity index (χ2v) is 5.70. The van der Waals surface area contributed by atoms with Gasteiger partial charge in [-0.25, -0.2) is 18.7 Å². The lowest BCUT2D eigenvalue weighted by Crippen LogP contribution is -2.15. The molecule has 5 nitrogen and oxygen atoms in total. The third kappa shape index (κ3) is 4.12. The molecule has 0 spiro atoms. The summed E-state index contributed by atoms with van der Waals surface area (Å²) in [6.07, 6.45) is 2.52. The molecule has 3 aromatic rings. The number of amides is 1. The number of nitrogens with one attached hydrogen (secondary N) is 2. The Morgan fingerprint density at radius 3 is 2.31 bits per heavy atom. The van der Waals surface area contributed by atoms with Crippen molar-refractivity contribution in [3.8, 4) is 0 Å². The van der Waals surface area contributed by atoms with Crippen LogP contribution in [0.2, 0.25) is 5.02 Å². The van der Waals surface area contributed by atoms with Gasteiger partial charge in [-0.2, -0.15) is 0 Å². The highest BCUT2D eigenvalue weighted by atomic mass is 35.5. The summed E-state index contributed by atoms with van der Waals surface area (Å²) in [5, 5.41) is 5.76. The van der Waals surface area contributed by atoms with E-state index in [0.29, 0.717) is 17.5 Å². The predicted octanol–water partition coefficient (Wildman–Crippen LogP) is 4.27. The van der Waals surface area contributed by atoms with Gasteiger partial charge in [0.25, 0.3) is 5.91 Å². The summed E-state index contributed by atoms with van der Waals surface area (Å²) < 4.78 is 27.2. The van der Waals surface area contributed by atoms with Gasteiger partial charge in [-0.15, -0.1) is 0 Å². The first-order chi connectivity index (χ1) is 12.5. The van der Waals surface area contributed by atoms with Crippen LogP contribution in [-0.4, -0.2) is 15.9 Å². The van der Waals surface area contributed by atoms with Gasteiger partial charge in [0, 0.05) is 24.0 Å². The van der Waals surface area contributed by atoms with Gasteiger partial charge in [-0.1, -0.05) is 35.9 Å². The van der Waals surface area contributed by atoms with Crippen molar-refractivity contribution >= 4 is 29.1 Å². The largest absolute Gasteiger partial charge is 0.350 e. The number of nitrogens with zero attached hydrogens (tertiary/aromatic N) is 2. The van der Waals surface area contributed by atoms with Crippen LogP contribution in [0.1, 0.15) is 15.9 Å². The van der Waals surface area contributed by atoms with Crippen LogP contribution >= 0.6 is 11.6 Å². The molecule has 2 aromatic carbocycles. The number of benzene rings is 2. The van der Waals surface area contributed by atoms with E-state index in [-0.39, 0.29) is 5.56 Å². The molecule has 0 radical (unpaired) electrons. The molecule has 1 heterocycles. The van der Waals surface area contributed by atoms with E-state index in [1.54, 1.807) is 6.07 Å². The van der Waals surface area contributed by atoms with E-state index in [1.165, 1.54) is 18.5 Å². The minimum atomic E-state index is -0.864. The highest BCUT2D eigenvalue weighted by Crippen LogP contribution is 2.19. The molecule has 0 saturated carbocycles. The van der Waals surface area contributed by atoms with Gasteiger partial charge >= 0.3 is 0 Å². The lowest BCUT2D eigenvalue weighted by Gasteiger charge is -2.08. The number of hydrogen-bond donors (Lipinski definition) is 2. The van der Waals surface area contributed by atoms with Crippen LogP contribution in [0.15, 0.2) is 54.9 Å². The predicted molar refractivity (Wildman–Crippen MR) is 95.1 cm³/mol. The van der Waals surface area contributed by atoms with E-state index < -0.39 is 23.2 Å². The first kappa shape index (κ1) is 17.8. The molecule has 26 heavy (non-hydrogen) atoms. The third-order valence-electron chi connectivity index (χ3n) is 3.51. The Bertz CT molecular complexity index is 914. The smallest absolute Gasteiger partial charge is 0.258 e. The number of para-hydroxylation sites is 1. The maximum Gasteiger partial charge on any atom is 0.258 e.